The minimum Gasteiger partial charge on any atom is -0.479 e. The number of rotatable bonds is 2. The van der Waals surface area contributed by atoms with Gasteiger partial charge in [0, 0.05) is 0 Å². The molecule has 0 fully saturated rings. The van der Waals surface area contributed by atoms with Crippen LogP contribution in [0, 0.1) is 0 Å². The highest BCUT2D eigenvalue weighted by atomic mass is 16.5. The van der Waals surface area contributed by atoms with Crippen molar-refractivity contribution in [3.8, 4) is 0 Å². The second kappa shape index (κ2) is 3.13. The maximum absolute atomic E-state index is 5.32. The molecular weight excluding hydrogens is 156 g/mol. The SMILES string of the molecule is C[C@H]1COC(CC2=NCCO2)=N1. The fourth-order valence-electron chi connectivity index (χ4n) is 1.25. The second-order valence-electron chi connectivity index (χ2n) is 2.98. The predicted molar refractivity (Wildman–Crippen MR) is 45.7 cm³/mol. The first kappa shape index (κ1) is 7.58. The van der Waals surface area contributed by atoms with Gasteiger partial charge in [-0.1, -0.05) is 0 Å². The Morgan fingerprint density at radius 1 is 1.42 bits per heavy atom. The molecule has 0 aromatic carbocycles. The number of hydrogen-bond acceptors (Lipinski definition) is 4. The van der Waals surface area contributed by atoms with Gasteiger partial charge >= 0.3 is 0 Å². The van der Waals surface area contributed by atoms with E-state index in [0.29, 0.717) is 25.7 Å². The summed E-state index contributed by atoms with van der Waals surface area (Å²) in [5.74, 6) is 1.53. The second-order valence-corrected chi connectivity index (χ2v) is 2.98. The summed E-state index contributed by atoms with van der Waals surface area (Å²) in [6.45, 7) is 4.21. The first-order valence-electron chi connectivity index (χ1n) is 4.20. The lowest BCUT2D eigenvalue weighted by atomic mass is 10.4. The topological polar surface area (TPSA) is 43.2 Å². The van der Waals surface area contributed by atoms with Crippen molar-refractivity contribution < 1.29 is 9.47 Å². The Hall–Kier alpha value is -1.06. The van der Waals surface area contributed by atoms with Crippen LogP contribution in [0.25, 0.3) is 0 Å². The Balaban J connectivity index is 1.90. The fraction of sp³-hybridized carbons (Fsp3) is 0.750. The van der Waals surface area contributed by atoms with Crippen LogP contribution < -0.4 is 0 Å². The normalized spacial score (nSPS) is 27.6. The Kier molecular flexibility index (Phi) is 1.98. The summed E-state index contributed by atoms with van der Waals surface area (Å²) >= 11 is 0. The third-order valence-electron chi connectivity index (χ3n) is 1.81. The third-order valence-corrected chi connectivity index (χ3v) is 1.81. The average Bonchev–Trinajstić information content (AvgIpc) is 2.63. The summed E-state index contributed by atoms with van der Waals surface area (Å²) in [6, 6.07) is 0.294. The Morgan fingerprint density at radius 2 is 2.33 bits per heavy atom. The van der Waals surface area contributed by atoms with Gasteiger partial charge in [-0.05, 0) is 6.92 Å². The Morgan fingerprint density at radius 3 is 2.92 bits per heavy atom. The molecule has 0 spiro atoms. The van der Waals surface area contributed by atoms with Gasteiger partial charge in [0.15, 0.2) is 11.8 Å². The highest BCUT2D eigenvalue weighted by molar-refractivity contribution is 5.98. The van der Waals surface area contributed by atoms with Crippen molar-refractivity contribution in [2.24, 2.45) is 9.98 Å². The zero-order valence-corrected chi connectivity index (χ0v) is 7.12. The number of aliphatic imine (C=N–C) groups is 2. The summed E-state index contributed by atoms with van der Waals surface area (Å²) in [7, 11) is 0. The van der Waals surface area contributed by atoms with Crippen molar-refractivity contribution in [2.45, 2.75) is 19.4 Å². The summed E-state index contributed by atoms with van der Waals surface area (Å²) in [5.41, 5.74) is 0. The van der Waals surface area contributed by atoms with E-state index in [-0.39, 0.29) is 0 Å². The molecule has 0 unspecified atom stereocenters. The van der Waals surface area contributed by atoms with E-state index in [1.807, 2.05) is 6.92 Å². The summed E-state index contributed by atoms with van der Waals surface area (Å²) in [6.07, 6.45) is 0.629. The monoisotopic (exact) mass is 168 g/mol. The molecule has 2 aliphatic rings. The van der Waals surface area contributed by atoms with Gasteiger partial charge in [-0.25, -0.2) is 4.99 Å². The molecule has 0 aromatic heterocycles. The zero-order valence-electron chi connectivity index (χ0n) is 7.12. The van der Waals surface area contributed by atoms with Gasteiger partial charge in [-0.3, -0.25) is 4.99 Å². The number of nitrogens with zero attached hydrogens (tertiary/aromatic N) is 2. The summed E-state index contributed by atoms with van der Waals surface area (Å²) in [5, 5.41) is 0. The lowest BCUT2D eigenvalue weighted by molar-refractivity contribution is 0.310. The molecule has 0 saturated heterocycles. The highest BCUT2D eigenvalue weighted by Gasteiger charge is 2.18. The van der Waals surface area contributed by atoms with Crippen molar-refractivity contribution in [3.05, 3.63) is 0 Å². The summed E-state index contributed by atoms with van der Waals surface area (Å²) in [4.78, 5) is 8.44. The molecule has 0 bridgehead atoms. The lowest BCUT2D eigenvalue weighted by Gasteiger charge is -2.00. The number of hydrogen-bond donors (Lipinski definition) is 0. The van der Waals surface area contributed by atoms with Crippen LogP contribution in [-0.2, 0) is 9.47 Å². The molecule has 0 saturated carbocycles. The molecule has 2 aliphatic heterocycles. The molecule has 4 heteroatoms. The van der Waals surface area contributed by atoms with Crippen LogP contribution in [0.15, 0.2) is 9.98 Å². The van der Waals surface area contributed by atoms with Crippen molar-refractivity contribution in [3.63, 3.8) is 0 Å². The van der Waals surface area contributed by atoms with E-state index in [2.05, 4.69) is 9.98 Å². The van der Waals surface area contributed by atoms with Crippen molar-refractivity contribution in [1.29, 1.82) is 0 Å². The molecule has 66 valence electrons. The van der Waals surface area contributed by atoms with Gasteiger partial charge in [-0.2, -0.15) is 0 Å². The molecule has 2 heterocycles. The van der Waals surface area contributed by atoms with Crippen LogP contribution in [0.1, 0.15) is 13.3 Å². The molecular formula is C8H12N2O2. The smallest absolute Gasteiger partial charge is 0.193 e. The van der Waals surface area contributed by atoms with Gasteiger partial charge in [0.25, 0.3) is 0 Å². The van der Waals surface area contributed by atoms with Gasteiger partial charge < -0.3 is 9.47 Å². The van der Waals surface area contributed by atoms with Crippen molar-refractivity contribution in [2.75, 3.05) is 19.8 Å². The van der Waals surface area contributed by atoms with Crippen LogP contribution in [0.5, 0.6) is 0 Å². The zero-order chi connectivity index (χ0) is 8.39. The fourth-order valence-corrected chi connectivity index (χ4v) is 1.25. The van der Waals surface area contributed by atoms with Crippen LogP contribution in [0.4, 0.5) is 0 Å². The van der Waals surface area contributed by atoms with Crippen LogP contribution in [-0.4, -0.2) is 37.6 Å². The molecule has 12 heavy (non-hydrogen) atoms. The standard InChI is InChI=1S/C8H12N2O2/c1-6-5-12-8(10-6)4-7-9-2-3-11-7/h6H,2-5H2,1H3/t6-/m0/s1. The summed E-state index contributed by atoms with van der Waals surface area (Å²) < 4.78 is 10.6. The largest absolute Gasteiger partial charge is 0.479 e. The van der Waals surface area contributed by atoms with E-state index in [4.69, 9.17) is 9.47 Å². The van der Waals surface area contributed by atoms with Crippen LogP contribution >= 0.6 is 0 Å². The molecule has 0 N–H and O–H groups in total. The molecule has 0 aromatic rings. The minimum atomic E-state index is 0.294. The Bertz CT molecular complexity index is 235. The first-order valence-corrected chi connectivity index (χ1v) is 4.20. The molecule has 0 amide bonds. The quantitative estimate of drug-likeness (QED) is 0.606. The lowest BCUT2D eigenvalue weighted by Crippen LogP contribution is -2.08. The third kappa shape index (κ3) is 1.57. The van der Waals surface area contributed by atoms with Crippen molar-refractivity contribution in [1.82, 2.24) is 0 Å². The van der Waals surface area contributed by atoms with Crippen molar-refractivity contribution >= 4 is 11.8 Å². The number of ether oxygens (including phenoxy) is 2. The van der Waals surface area contributed by atoms with Crippen LogP contribution in [0.3, 0.4) is 0 Å². The predicted octanol–water partition coefficient (Wildman–Crippen LogP) is 0.622. The molecule has 0 aliphatic carbocycles. The Labute approximate surface area is 71.3 Å². The van der Waals surface area contributed by atoms with Gasteiger partial charge in [0.1, 0.15) is 13.2 Å². The van der Waals surface area contributed by atoms with Crippen LogP contribution in [0.2, 0.25) is 0 Å². The van der Waals surface area contributed by atoms with Gasteiger partial charge in [-0.15, -0.1) is 0 Å². The van der Waals surface area contributed by atoms with E-state index < -0.39 is 0 Å². The van der Waals surface area contributed by atoms with E-state index in [0.717, 1.165) is 18.3 Å². The maximum Gasteiger partial charge on any atom is 0.193 e. The van der Waals surface area contributed by atoms with E-state index in [1.165, 1.54) is 0 Å². The maximum atomic E-state index is 5.32. The van der Waals surface area contributed by atoms with Gasteiger partial charge in [0.05, 0.1) is 19.0 Å². The van der Waals surface area contributed by atoms with Gasteiger partial charge in [0.2, 0.25) is 0 Å². The van der Waals surface area contributed by atoms with E-state index in [1.54, 1.807) is 0 Å². The minimum absolute atomic E-state index is 0.294. The molecule has 1 atom stereocenters. The molecule has 4 nitrogen and oxygen atoms in total. The average molecular weight is 168 g/mol. The van der Waals surface area contributed by atoms with E-state index >= 15 is 0 Å². The highest BCUT2D eigenvalue weighted by Crippen LogP contribution is 2.08. The molecule has 2 rings (SSSR count). The molecule has 0 radical (unpaired) electrons. The first-order chi connectivity index (χ1) is 5.84. The van der Waals surface area contributed by atoms with E-state index in [9.17, 15) is 0 Å².